The van der Waals surface area contributed by atoms with Gasteiger partial charge in [0.25, 0.3) is 0 Å². The van der Waals surface area contributed by atoms with E-state index in [-0.39, 0.29) is 0 Å². The molecule has 1 aromatic carbocycles. The topological polar surface area (TPSA) is 30.7 Å². The molecule has 0 unspecified atom stereocenters. The molecule has 0 N–H and O–H groups in total. The van der Waals surface area contributed by atoms with Gasteiger partial charge in [-0.05, 0) is 53.6 Å². The summed E-state index contributed by atoms with van der Waals surface area (Å²) in [5.41, 5.74) is 4.30. The third-order valence-corrected chi connectivity index (χ3v) is 4.49. The molecule has 0 saturated heterocycles. The van der Waals surface area contributed by atoms with Gasteiger partial charge in [0, 0.05) is 9.77 Å². The molecule has 0 aliphatic heterocycles. The molecule has 3 aromatic rings. The van der Waals surface area contributed by atoms with Gasteiger partial charge >= 0.3 is 0 Å². The van der Waals surface area contributed by atoms with Crippen molar-refractivity contribution in [1.29, 1.82) is 0 Å². The number of nitrogens with zero attached hydrogens (tertiary/aromatic N) is 3. The lowest BCUT2D eigenvalue weighted by molar-refractivity contribution is 0.877. The Morgan fingerprint density at radius 3 is 2.63 bits per heavy atom. The summed E-state index contributed by atoms with van der Waals surface area (Å²) in [5, 5.41) is 5.82. The van der Waals surface area contributed by atoms with Gasteiger partial charge in [0.05, 0.1) is 16.8 Å². The molecular formula is C15H14IN3. The number of halogens is 1. The lowest BCUT2D eigenvalue weighted by Gasteiger charge is -2.04. The van der Waals surface area contributed by atoms with Crippen molar-refractivity contribution < 1.29 is 0 Å². The summed E-state index contributed by atoms with van der Waals surface area (Å²) in [7, 11) is 0. The van der Waals surface area contributed by atoms with Crippen molar-refractivity contribution in [1.82, 2.24) is 14.8 Å². The van der Waals surface area contributed by atoms with Gasteiger partial charge < -0.3 is 0 Å². The van der Waals surface area contributed by atoms with E-state index in [1.54, 1.807) is 0 Å². The van der Waals surface area contributed by atoms with Crippen LogP contribution in [0.25, 0.3) is 16.7 Å². The lowest BCUT2D eigenvalue weighted by Crippen LogP contribution is -1.98. The Morgan fingerprint density at radius 1 is 1.21 bits per heavy atom. The molecule has 0 amide bonds. The highest BCUT2D eigenvalue weighted by atomic mass is 127. The average Bonchev–Trinajstić information content (AvgIpc) is 2.78. The molecule has 0 aliphatic rings. The Morgan fingerprint density at radius 2 is 1.95 bits per heavy atom. The van der Waals surface area contributed by atoms with Crippen LogP contribution in [-0.2, 0) is 6.42 Å². The molecule has 0 atom stereocenters. The highest BCUT2D eigenvalue weighted by Crippen LogP contribution is 2.27. The van der Waals surface area contributed by atoms with E-state index in [9.17, 15) is 0 Å². The first-order valence-corrected chi connectivity index (χ1v) is 7.38. The monoisotopic (exact) mass is 363 g/mol. The van der Waals surface area contributed by atoms with Crippen molar-refractivity contribution in [2.24, 2.45) is 0 Å². The van der Waals surface area contributed by atoms with Crippen LogP contribution in [-0.4, -0.2) is 14.8 Å². The van der Waals surface area contributed by atoms with Gasteiger partial charge in [-0.15, -0.1) is 0 Å². The molecule has 0 spiro atoms. The van der Waals surface area contributed by atoms with E-state index in [0.717, 1.165) is 23.4 Å². The molecule has 0 saturated carbocycles. The maximum Gasteiger partial charge on any atom is 0.164 e. The van der Waals surface area contributed by atoms with Crippen molar-refractivity contribution in [3.05, 3.63) is 51.4 Å². The Hall–Kier alpha value is -1.43. The van der Waals surface area contributed by atoms with Gasteiger partial charge in [0.2, 0.25) is 0 Å². The lowest BCUT2D eigenvalue weighted by atomic mass is 10.2. The molecule has 3 rings (SSSR count). The number of aryl methyl sites for hydroxylation is 2. The van der Waals surface area contributed by atoms with Gasteiger partial charge in [-0.3, -0.25) is 0 Å². The summed E-state index contributed by atoms with van der Waals surface area (Å²) in [4.78, 5) is 4.61. The molecule has 3 nitrogen and oxygen atoms in total. The zero-order chi connectivity index (χ0) is 13.4. The Balaban J connectivity index is 2.32. The van der Waals surface area contributed by atoms with E-state index in [1.807, 2.05) is 48.1 Å². The number of hydrogen-bond acceptors (Lipinski definition) is 2. The Kier molecular flexibility index (Phi) is 3.26. The molecule has 2 aromatic heterocycles. The summed E-state index contributed by atoms with van der Waals surface area (Å²) in [6, 6.07) is 10.1. The van der Waals surface area contributed by atoms with Crippen molar-refractivity contribution in [3.63, 3.8) is 0 Å². The minimum atomic E-state index is 0.935. The summed E-state index contributed by atoms with van der Waals surface area (Å²) in [5.74, 6) is 0. The van der Waals surface area contributed by atoms with E-state index < -0.39 is 0 Å². The van der Waals surface area contributed by atoms with Gasteiger partial charge in [0.15, 0.2) is 5.65 Å². The van der Waals surface area contributed by atoms with Gasteiger partial charge in [-0.1, -0.05) is 25.1 Å². The molecule has 0 radical (unpaired) electrons. The summed E-state index contributed by atoms with van der Waals surface area (Å²) in [6.07, 6.45) is 2.96. The fourth-order valence-corrected chi connectivity index (χ4v) is 3.40. The number of para-hydroxylation sites is 1. The smallest absolute Gasteiger partial charge is 0.164 e. The highest BCUT2D eigenvalue weighted by Gasteiger charge is 2.14. The van der Waals surface area contributed by atoms with Gasteiger partial charge in [0.1, 0.15) is 0 Å². The minimum absolute atomic E-state index is 0.935. The Bertz CT molecular complexity index is 732. The van der Waals surface area contributed by atoms with Crippen molar-refractivity contribution >= 4 is 33.6 Å². The minimum Gasteiger partial charge on any atom is -0.236 e. The molecule has 96 valence electrons. The second kappa shape index (κ2) is 4.92. The summed E-state index contributed by atoms with van der Waals surface area (Å²) >= 11 is 2.40. The molecular weight excluding hydrogens is 349 g/mol. The number of pyridine rings is 1. The third kappa shape index (κ3) is 2.04. The number of aromatic nitrogens is 3. The second-order valence-electron chi connectivity index (χ2n) is 4.48. The standard InChI is InChI=1S/C15H14IN3/c1-3-11-9-17-15-13(14(11)16)10(2)18-19(15)12-7-5-4-6-8-12/h4-9H,3H2,1-2H3. The number of benzene rings is 1. The zero-order valence-electron chi connectivity index (χ0n) is 10.9. The average molecular weight is 363 g/mol. The van der Waals surface area contributed by atoms with Crippen LogP contribution in [0.15, 0.2) is 36.5 Å². The predicted octanol–water partition coefficient (Wildman–Crippen LogP) is 3.90. The molecule has 4 heteroatoms. The maximum absolute atomic E-state index is 4.65. The van der Waals surface area contributed by atoms with Crippen molar-refractivity contribution in [2.45, 2.75) is 20.3 Å². The maximum atomic E-state index is 4.65. The van der Waals surface area contributed by atoms with E-state index in [1.165, 1.54) is 14.5 Å². The van der Waals surface area contributed by atoms with Crippen LogP contribution >= 0.6 is 22.6 Å². The largest absolute Gasteiger partial charge is 0.236 e. The molecule has 0 bridgehead atoms. The quantitative estimate of drug-likeness (QED) is 0.647. The normalized spacial score (nSPS) is 11.1. The summed E-state index contributed by atoms with van der Waals surface area (Å²) < 4.78 is 3.19. The SMILES string of the molecule is CCc1cnc2c(c(C)nn2-c2ccccc2)c1I. The van der Waals surface area contributed by atoms with Crippen LogP contribution in [0, 0.1) is 10.5 Å². The van der Waals surface area contributed by atoms with E-state index in [0.29, 0.717) is 0 Å². The fraction of sp³-hybridized carbons (Fsp3) is 0.200. The van der Waals surface area contributed by atoms with E-state index in [2.05, 4.69) is 39.6 Å². The molecule has 0 aliphatic carbocycles. The summed E-state index contributed by atoms with van der Waals surface area (Å²) in [6.45, 7) is 4.20. The van der Waals surface area contributed by atoms with Crippen LogP contribution in [0.3, 0.4) is 0 Å². The van der Waals surface area contributed by atoms with Crippen LogP contribution in [0.2, 0.25) is 0 Å². The predicted molar refractivity (Wildman–Crippen MR) is 85.7 cm³/mol. The number of fused-ring (bicyclic) bond motifs is 1. The first-order chi connectivity index (χ1) is 9.22. The van der Waals surface area contributed by atoms with Gasteiger partial charge in [-0.2, -0.15) is 5.10 Å². The molecule has 19 heavy (non-hydrogen) atoms. The molecule has 0 fully saturated rings. The fourth-order valence-electron chi connectivity index (χ4n) is 2.24. The zero-order valence-corrected chi connectivity index (χ0v) is 13.0. The first-order valence-electron chi connectivity index (χ1n) is 6.30. The Labute approximate surface area is 125 Å². The highest BCUT2D eigenvalue weighted by molar-refractivity contribution is 14.1. The van der Waals surface area contributed by atoms with Crippen molar-refractivity contribution in [3.8, 4) is 5.69 Å². The van der Waals surface area contributed by atoms with Crippen LogP contribution < -0.4 is 0 Å². The van der Waals surface area contributed by atoms with Gasteiger partial charge in [-0.25, -0.2) is 9.67 Å². The van der Waals surface area contributed by atoms with E-state index in [4.69, 9.17) is 0 Å². The first kappa shape index (κ1) is 12.6. The van der Waals surface area contributed by atoms with Crippen LogP contribution in [0.4, 0.5) is 0 Å². The number of rotatable bonds is 2. The van der Waals surface area contributed by atoms with Crippen LogP contribution in [0.5, 0.6) is 0 Å². The second-order valence-corrected chi connectivity index (χ2v) is 5.56. The molecule has 2 heterocycles. The van der Waals surface area contributed by atoms with Crippen molar-refractivity contribution in [2.75, 3.05) is 0 Å². The van der Waals surface area contributed by atoms with E-state index >= 15 is 0 Å². The van der Waals surface area contributed by atoms with Crippen LogP contribution in [0.1, 0.15) is 18.2 Å². The number of hydrogen-bond donors (Lipinski definition) is 0. The third-order valence-electron chi connectivity index (χ3n) is 3.26.